The number of amides is 1. The van der Waals surface area contributed by atoms with E-state index < -0.39 is 0 Å². The van der Waals surface area contributed by atoms with E-state index in [0.29, 0.717) is 21.7 Å². The number of carbonyl (C=O) groups is 1. The van der Waals surface area contributed by atoms with Crippen LogP contribution >= 0.6 is 22.9 Å². The van der Waals surface area contributed by atoms with Crippen LogP contribution in [0.2, 0.25) is 5.02 Å². The fraction of sp³-hybridized carbons (Fsp3) is 0.174. The summed E-state index contributed by atoms with van der Waals surface area (Å²) in [7, 11) is 0. The van der Waals surface area contributed by atoms with Gasteiger partial charge in [-0.3, -0.25) is 4.79 Å². The van der Waals surface area contributed by atoms with Crippen LogP contribution in [0.5, 0.6) is 0 Å². The zero-order valence-electron chi connectivity index (χ0n) is 16.7. The summed E-state index contributed by atoms with van der Waals surface area (Å²) >= 11 is 7.80. The van der Waals surface area contributed by atoms with Crippen molar-refractivity contribution in [2.75, 3.05) is 5.32 Å². The van der Waals surface area contributed by atoms with Gasteiger partial charge in [0.1, 0.15) is 0 Å². The van der Waals surface area contributed by atoms with Crippen molar-refractivity contribution < 1.29 is 4.79 Å². The Bertz CT molecular complexity index is 1390. The number of nitrogens with zero attached hydrogens (tertiary/aromatic N) is 1. The van der Waals surface area contributed by atoms with Crippen molar-refractivity contribution in [2.24, 2.45) is 0 Å². The summed E-state index contributed by atoms with van der Waals surface area (Å²) < 4.78 is 0. The molecule has 1 amide bonds. The fourth-order valence-electron chi connectivity index (χ4n) is 3.44. The van der Waals surface area contributed by atoms with E-state index in [1.807, 2.05) is 24.3 Å². The Morgan fingerprint density at radius 3 is 2.81 bits per heavy atom. The number of carbonyl (C=O) groups excluding carboxylic acids is 1. The SMILES string of the molecule is CC1(c2nc(-c3cccc(Cl)c3)c(/C=C/C(=O)Nc3cccc4[nH]c(=O)[nH]c34)s2)CC1. The van der Waals surface area contributed by atoms with Crippen molar-refractivity contribution in [1.82, 2.24) is 15.0 Å². The number of thiazole rings is 1. The monoisotopic (exact) mass is 450 g/mol. The molecule has 1 aliphatic carbocycles. The van der Waals surface area contributed by atoms with Gasteiger partial charge in [0.2, 0.25) is 5.91 Å². The van der Waals surface area contributed by atoms with Crippen molar-refractivity contribution in [3.8, 4) is 11.3 Å². The van der Waals surface area contributed by atoms with Crippen LogP contribution in [0.1, 0.15) is 29.7 Å². The highest BCUT2D eigenvalue weighted by molar-refractivity contribution is 7.13. The number of fused-ring (bicyclic) bond motifs is 1. The number of hydrogen-bond acceptors (Lipinski definition) is 4. The van der Waals surface area contributed by atoms with Crippen LogP contribution in [0.4, 0.5) is 5.69 Å². The number of hydrogen-bond donors (Lipinski definition) is 3. The number of benzene rings is 2. The number of aromatic amines is 2. The van der Waals surface area contributed by atoms with Crippen molar-refractivity contribution in [3.05, 3.63) is 73.9 Å². The molecule has 0 aliphatic heterocycles. The highest BCUT2D eigenvalue weighted by Crippen LogP contribution is 2.50. The Kier molecular flexibility index (Phi) is 4.79. The first kappa shape index (κ1) is 19.8. The lowest BCUT2D eigenvalue weighted by atomic mass is 10.1. The molecule has 0 spiro atoms. The molecule has 1 aliphatic rings. The summed E-state index contributed by atoms with van der Waals surface area (Å²) in [6.45, 7) is 2.21. The number of halogens is 1. The van der Waals surface area contributed by atoms with Crippen molar-refractivity contribution in [1.29, 1.82) is 0 Å². The normalized spacial score (nSPS) is 14.9. The molecule has 2 heterocycles. The second kappa shape index (κ2) is 7.51. The van der Waals surface area contributed by atoms with E-state index in [9.17, 15) is 9.59 Å². The quantitative estimate of drug-likeness (QED) is 0.358. The molecule has 0 radical (unpaired) electrons. The largest absolute Gasteiger partial charge is 0.323 e. The Labute approximate surface area is 187 Å². The standard InChI is InChI=1S/C23H19ClN4O2S/c1-23(10-11-23)21-27-19(13-4-2-5-14(24)12-13)17(31-21)8-9-18(29)25-15-6-3-7-16-20(15)28-22(30)26-16/h2-9,12H,10-11H2,1H3,(H,25,29)(H2,26,28,30)/b9-8+. The maximum atomic E-state index is 12.6. The molecule has 0 atom stereocenters. The van der Waals surface area contributed by atoms with Crippen molar-refractivity contribution in [3.63, 3.8) is 0 Å². The van der Waals surface area contributed by atoms with Crippen LogP contribution in [-0.2, 0) is 10.2 Å². The van der Waals surface area contributed by atoms with E-state index in [-0.39, 0.29) is 17.0 Å². The summed E-state index contributed by atoms with van der Waals surface area (Å²) in [4.78, 5) is 35.4. The number of anilines is 1. The number of imidazole rings is 1. The molecule has 0 bridgehead atoms. The zero-order valence-corrected chi connectivity index (χ0v) is 18.2. The van der Waals surface area contributed by atoms with Crippen LogP contribution in [-0.4, -0.2) is 20.9 Å². The minimum atomic E-state index is -0.316. The third kappa shape index (κ3) is 3.94. The molecule has 6 nitrogen and oxygen atoms in total. The predicted octanol–water partition coefficient (Wildman–Crippen LogP) is 5.34. The van der Waals surface area contributed by atoms with Crippen molar-refractivity contribution in [2.45, 2.75) is 25.2 Å². The molecule has 5 rings (SSSR count). The molecule has 1 fully saturated rings. The van der Waals surface area contributed by atoms with Gasteiger partial charge in [0.05, 0.1) is 32.3 Å². The fourth-order valence-corrected chi connectivity index (χ4v) is 4.82. The zero-order chi connectivity index (χ0) is 21.6. The number of aromatic nitrogens is 3. The smallest absolute Gasteiger partial charge is 0.321 e. The lowest BCUT2D eigenvalue weighted by Crippen LogP contribution is -2.08. The summed E-state index contributed by atoms with van der Waals surface area (Å²) in [5.74, 6) is -0.292. The maximum absolute atomic E-state index is 12.6. The van der Waals surface area contributed by atoms with Crippen LogP contribution in [0, 0.1) is 0 Å². The van der Waals surface area contributed by atoms with E-state index >= 15 is 0 Å². The van der Waals surface area contributed by atoms with Crippen LogP contribution in [0.3, 0.4) is 0 Å². The van der Waals surface area contributed by atoms with Crippen LogP contribution in [0.15, 0.2) is 53.3 Å². The first-order valence-electron chi connectivity index (χ1n) is 9.89. The van der Waals surface area contributed by atoms with Gasteiger partial charge in [0.15, 0.2) is 0 Å². The van der Waals surface area contributed by atoms with E-state index in [0.717, 1.165) is 34.0 Å². The molecule has 0 saturated heterocycles. The van der Waals surface area contributed by atoms with Gasteiger partial charge < -0.3 is 15.3 Å². The van der Waals surface area contributed by atoms with Gasteiger partial charge in [0.25, 0.3) is 0 Å². The summed E-state index contributed by atoms with van der Waals surface area (Å²) in [6, 6.07) is 12.9. The topological polar surface area (TPSA) is 90.6 Å². The second-order valence-corrected chi connectivity index (χ2v) is 9.40. The molecule has 0 unspecified atom stereocenters. The Morgan fingerprint density at radius 2 is 2.03 bits per heavy atom. The second-order valence-electron chi connectivity index (χ2n) is 7.93. The highest BCUT2D eigenvalue weighted by atomic mass is 35.5. The average molecular weight is 451 g/mol. The lowest BCUT2D eigenvalue weighted by Gasteiger charge is -2.03. The van der Waals surface area contributed by atoms with Gasteiger partial charge in [0, 0.05) is 22.1 Å². The number of H-pyrrole nitrogens is 2. The van der Waals surface area contributed by atoms with Gasteiger partial charge in [-0.1, -0.05) is 36.7 Å². The lowest BCUT2D eigenvalue weighted by molar-refractivity contribution is -0.111. The molecule has 2 aromatic carbocycles. The van der Waals surface area contributed by atoms with Crippen molar-refractivity contribution >= 4 is 51.6 Å². The minimum absolute atomic E-state index is 0.127. The van der Waals surface area contributed by atoms with Crippen LogP contribution < -0.4 is 11.0 Å². The summed E-state index contributed by atoms with van der Waals surface area (Å²) in [5, 5.41) is 4.56. The predicted molar refractivity (Wildman–Crippen MR) is 126 cm³/mol. The van der Waals surface area contributed by atoms with E-state index in [1.54, 1.807) is 35.6 Å². The van der Waals surface area contributed by atoms with Gasteiger partial charge in [-0.05, 0) is 43.2 Å². The molecule has 8 heteroatoms. The van der Waals surface area contributed by atoms with Gasteiger partial charge in [-0.2, -0.15) is 0 Å². The van der Waals surface area contributed by atoms with Gasteiger partial charge in [-0.25, -0.2) is 9.78 Å². The van der Waals surface area contributed by atoms with Gasteiger partial charge in [-0.15, -0.1) is 11.3 Å². The molecule has 156 valence electrons. The number of para-hydroxylation sites is 1. The Morgan fingerprint density at radius 1 is 1.23 bits per heavy atom. The first-order valence-corrected chi connectivity index (χ1v) is 11.1. The van der Waals surface area contributed by atoms with Crippen LogP contribution in [0.25, 0.3) is 28.4 Å². The van der Waals surface area contributed by atoms with E-state index in [2.05, 4.69) is 22.2 Å². The average Bonchev–Trinajstić information content (AvgIpc) is 3.17. The molecule has 3 N–H and O–H groups in total. The molecule has 4 aromatic rings. The summed E-state index contributed by atoms with van der Waals surface area (Å²) in [6.07, 6.45) is 5.53. The molecular weight excluding hydrogens is 432 g/mol. The first-order chi connectivity index (χ1) is 14.9. The highest BCUT2D eigenvalue weighted by Gasteiger charge is 2.42. The van der Waals surface area contributed by atoms with Gasteiger partial charge >= 0.3 is 5.69 Å². The number of nitrogens with one attached hydrogen (secondary N) is 3. The Balaban J connectivity index is 1.45. The number of rotatable bonds is 5. The minimum Gasteiger partial charge on any atom is -0.321 e. The summed E-state index contributed by atoms with van der Waals surface area (Å²) in [5.41, 5.74) is 3.31. The van der Waals surface area contributed by atoms with E-state index in [4.69, 9.17) is 16.6 Å². The maximum Gasteiger partial charge on any atom is 0.323 e. The molecule has 1 saturated carbocycles. The molecule has 2 aromatic heterocycles. The van der Waals surface area contributed by atoms with E-state index in [1.165, 1.54) is 6.08 Å². The molecular formula is C23H19ClN4O2S. The third-order valence-electron chi connectivity index (χ3n) is 5.46. The Hall–Kier alpha value is -3.16. The molecule has 31 heavy (non-hydrogen) atoms. The third-order valence-corrected chi connectivity index (χ3v) is 7.02.